The number of pyridine rings is 2. The van der Waals surface area contributed by atoms with Crippen molar-refractivity contribution in [2.45, 2.75) is 31.2 Å². The van der Waals surface area contributed by atoms with Crippen LogP contribution in [0.2, 0.25) is 0 Å². The van der Waals surface area contributed by atoms with Gasteiger partial charge in [0, 0.05) is 12.6 Å². The zero-order valence-electron chi connectivity index (χ0n) is 16.6. The Morgan fingerprint density at radius 3 is 2.58 bits per heavy atom. The van der Waals surface area contributed by atoms with E-state index in [1.165, 1.54) is 12.1 Å². The van der Waals surface area contributed by atoms with Crippen molar-refractivity contribution in [3.8, 4) is 6.07 Å². The van der Waals surface area contributed by atoms with Crippen molar-refractivity contribution in [1.82, 2.24) is 15.3 Å². The van der Waals surface area contributed by atoms with Crippen molar-refractivity contribution in [2.75, 3.05) is 5.32 Å². The van der Waals surface area contributed by atoms with Crippen LogP contribution in [0.25, 0.3) is 0 Å². The molecule has 0 fully saturated rings. The van der Waals surface area contributed by atoms with Crippen LogP contribution in [-0.4, -0.2) is 45.4 Å². The third-order valence-electron chi connectivity index (χ3n) is 4.49. The number of hydrogen-bond acceptors (Lipinski definition) is 7. The van der Waals surface area contributed by atoms with Gasteiger partial charge in [-0.1, -0.05) is 0 Å². The number of ether oxygens (including phenoxy) is 1. The van der Waals surface area contributed by atoms with Crippen molar-refractivity contribution in [2.24, 2.45) is 4.99 Å². The Balaban J connectivity index is 1.95. The molecule has 0 saturated heterocycles. The molecule has 0 bridgehead atoms. The van der Waals surface area contributed by atoms with E-state index >= 15 is 0 Å². The monoisotopic (exact) mass is 466 g/mol. The van der Waals surface area contributed by atoms with Crippen molar-refractivity contribution in [3.63, 3.8) is 0 Å². The van der Waals surface area contributed by atoms with Gasteiger partial charge in [-0.15, -0.1) is 0 Å². The number of aliphatic imine (C=N–C) groups is 1. The third-order valence-corrected chi connectivity index (χ3v) is 4.49. The summed E-state index contributed by atoms with van der Waals surface area (Å²) in [5.41, 5.74) is -2.45. The van der Waals surface area contributed by atoms with Crippen LogP contribution in [-0.2, 0) is 10.3 Å². The molecule has 14 heteroatoms. The van der Waals surface area contributed by atoms with E-state index in [4.69, 9.17) is 10.4 Å². The summed E-state index contributed by atoms with van der Waals surface area (Å²) >= 11 is 0. The zero-order chi connectivity index (χ0) is 24.4. The fraction of sp³-hybridized carbons (Fsp3) is 0.263. The lowest BCUT2D eigenvalue weighted by Crippen LogP contribution is -2.48. The second-order valence-electron chi connectivity index (χ2n) is 7.00. The standard InChI is InChI=1S/C19H14F4N6O4/c1-18(6-12(19(21,22)23)33-16(29-18)28-17(31)32)14-10(20)3-5-13(26-14)27-15(30)11-4-2-9(7-24)8-25-11/h2-5,8,12H,6H2,1H3,(H,28,29)(H,31,32)(H,26,27,30)/t12-,18-/m0/s1. The highest BCUT2D eigenvalue weighted by Crippen LogP contribution is 2.40. The van der Waals surface area contributed by atoms with Crippen molar-refractivity contribution in [1.29, 1.82) is 5.26 Å². The van der Waals surface area contributed by atoms with Gasteiger partial charge in [-0.3, -0.25) is 4.79 Å². The number of alkyl halides is 3. The Hall–Kier alpha value is -4.28. The van der Waals surface area contributed by atoms with E-state index < -0.39 is 53.8 Å². The minimum atomic E-state index is -4.91. The molecule has 172 valence electrons. The molecule has 0 unspecified atom stereocenters. The molecular formula is C19H14F4N6O4. The van der Waals surface area contributed by atoms with Crippen LogP contribution in [0.3, 0.4) is 0 Å². The van der Waals surface area contributed by atoms with Gasteiger partial charge in [0.2, 0.25) is 0 Å². The number of nitriles is 1. The number of amidine groups is 1. The molecule has 0 spiro atoms. The molecule has 2 aromatic rings. The number of carboxylic acid groups (broad SMARTS) is 1. The molecule has 3 N–H and O–H groups in total. The van der Waals surface area contributed by atoms with E-state index in [9.17, 15) is 27.2 Å². The maximum absolute atomic E-state index is 14.6. The maximum atomic E-state index is 14.6. The Kier molecular flexibility index (Phi) is 6.16. The van der Waals surface area contributed by atoms with Gasteiger partial charge >= 0.3 is 12.3 Å². The largest absolute Gasteiger partial charge is 0.465 e. The second kappa shape index (κ2) is 8.69. The Morgan fingerprint density at radius 1 is 1.27 bits per heavy atom. The first-order valence-corrected chi connectivity index (χ1v) is 9.09. The van der Waals surface area contributed by atoms with Crippen LogP contribution in [0, 0.1) is 17.1 Å². The number of amides is 2. The van der Waals surface area contributed by atoms with Crippen LogP contribution in [0.1, 0.15) is 35.1 Å². The average Bonchev–Trinajstić information content (AvgIpc) is 2.73. The van der Waals surface area contributed by atoms with Crippen molar-refractivity contribution in [3.05, 3.63) is 53.2 Å². The zero-order valence-corrected chi connectivity index (χ0v) is 16.6. The highest BCUT2D eigenvalue weighted by atomic mass is 19.4. The predicted octanol–water partition coefficient (Wildman–Crippen LogP) is 2.93. The summed E-state index contributed by atoms with van der Waals surface area (Å²) in [7, 11) is 0. The topological polar surface area (TPSA) is 150 Å². The molecular weight excluding hydrogens is 452 g/mol. The summed E-state index contributed by atoms with van der Waals surface area (Å²) in [4.78, 5) is 34.7. The fourth-order valence-electron chi connectivity index (χ4n) is 2.98. The molecule has 2 amide bonds. The molecule has 33 heavy (non-hydrogen) atoms. The second-order valence-corrected chi connectivity index (χ2v) is 7.00. The number of aromatic nitrogens is 2. The smallest absolute Gasteiger partial charge is 0.425 e. The van der Waals surface area contributed by atoms with E-state index in [1.54, 1.807) is 5.32 Å². The molecule has 2 atom stereocenters. The first-order chi connectivity index (χ1) is 15.4. The number of rotatable bonds is 3. The SMILES string of the molecule is C[C@@]1(c2nc(NC(=O)c3ccc(C#N)cn3)ccc2F)C[C@@H](C(F)(F)F)OC(NC(=O)O)=N1. The molecule has 0 radical (unpaired) electrons. The molecule has 2 aromatic heterocycles. The van der Waals surface area contributed by atoms with Gasteiger partial charge in [0.25, 0.3) is 11.9 Å². The third kappa shape index (κ3) is 5.32. The normalized spacial score (nSPS) is 20.1. The van der Waals surface area contributed by atoms with Crippen LogP contribution >= 0.6 is 0 Å². The maximum Gasteiger partial charge on any atom is 0.425 e. The molecule has 1 aliphatic rings. The van der Waals surface area contributed by atoms with Gasteiger partial charge in [-0.05, 0) is 31.2 Å². The van der Waals surface area contributed by atoms with Gasteiger partial charge in [-0.2, -0.15) is 18.4 Å². The number of halogens is 4. The number of carbonyl (C=O) groups is 2. The Labute approximate surface area is 182 Å². The number of anilines is 1. The molecule has 3 heterocycles. The van der Waals surface area contributed by atoms with E-state index in [2.05, 4.69) is 25.0 Å². The van der Waals surface area contributed by atoms with Crippen LogP contribution in [0.15, 0.2) is 35.5 Å². The molecule has 1 aliphatic heterocycles. The van der Waals surface area contributed by atoms with E-state index in [0.717, 1.165) is 25.3 Å². The van der Waals surface area contributed by atoms with Crippen molar-refractivity contribution < 1.29 is 37.0 Å². The summed E-state index contributed by atoms with van der Waals surface area (Å²) < 4.78 is 59.2. The van der Waals surface area contributed by atoms with Gasteiger partial charge < -0.3 is 15.2 Å². The van der Waals surface area contributed by atoms with Gasteiger partial charge in [0.1, 0.15) is 34.6 Å². The lowest BCUT2D eigenvalue weighted by molar-refractivity contribution is -0.208. The fourth-order valence-corrected chi connectivity index (χ4v) is 2.98. The lowest BCUT2D eigenvalue weighted by atomic mass is 9.89. The quantitative estimate of drug-likeness (QED) is 0.589. The summed E-state index contributed by atoms with van der Waals surface area (Å²) in [5.74, 6) is -2.03. The van der Waals surface area contributed by atoms with Crippen LogP contribution < -0.4 is 10.6 Å². The van der Waals surface area contributed by atoms with E-state index in [0.29, 0.717) is 0 Å². The minimum Gasteiger partial charge on any atom is -0.465 e. The van der Waals surface area contributed by atoms with Crippen LogP contribution in [0.5, 0.6) is 0 Å². The van der Waals surface area contributed by atoms with Crippen LogP contribution in [0.4, 0.5) is 28.2 Å². The molecule has 10 nitrogen and oxygen atoms in total. The first kappa shape index (κ1) is 23.4. The molecule has 0 aromatic carbocycles. The summed E-state index contributed by atoms with van der Waals surface area (Å²) in [6, 6.07) is 5.41. The molecule has 0 saturated carbocycles. The molecule has 0 aliphatic carbocycles. The van der Waals surface area contributed by atoms with Crippen molar-refractivity contribution >= 4 is 23.8 Å². The number of carbonyl (C=O) groups excluding carboxylic acids is 1. The highest BCUT2D eigenvalue weighted by Gasteiger charge is 2.51. The Bertz CT molecular complexity index is 1160. The van der Waals surface area contributed by atoms with Gasteiger partial charge in [0.05, 0.1) is 5.56 Å². The highest BCUT2D eigenvalue weighted by molar-refractivity contribution is 6.02. The number of hydrogen-bond donors (Lipinski definition) is 3. The number of nitrogens with zero attached hydrogens (tertiary/aromatic N) is 4. The lowest BCUT2D eigenvalue weighted by Gasteiger charge is -2.35. The summed E-state index contributed by atoms with van der Waals surface area (Å²) in [6.45, 7) is 1.12. The van der Waals surface area contributed by atoms with Gasteiger partial charge in [0.15, 0.2) is 6.10 Å². The average molecular weight is 466 g/mol. The molecule has 3 rings (SSSR count). The minimum absolute atomic E-state index is 0.0953. The van der Waals surface area contributed by atoms with E-state index in [1.807, 2.05) is 6.07 Å². The van der Waals surface area contributed by atoms with E-state index in [-0.39, 0.29) is 17.1 Å². The first-order valence-electron chi connectivity index (χ1n) is 9.09. The Morgan fingerprint density at radius 2 is 2.00 bits per heavy atom. The van der Waals surface area contributed by atoms with Gasteiger partial charge in [-0.25, -0.2) is 29.5 Å². The predicted molar refractivity (Wildman–Crippen MR) is 103 cm³/mol. The summed E-state index contributed by atoms with van der Waals surface area (Å²) in [6.07, 6.45) is -8.89. The number of nitrogens with one attached hydrogen (secondary N) is 2. The summed E-state index contributed by atoms with van der Waals surface area (Å²) in [5, 5.41) is 21.5.